The number of halogens is 1. The monoisotopic (exact) mass is 357 g/mol. The number of hydrogen-bond acceptors (Lipinski definition) is 4. The van der Waals surface area contributed by atoms with Crippen molar-refractivity contribution in [1.82, 2.24) is 15.2 Å². The van der Waals surface area contributed by atoms with Crippen molar-refractivity contribution in [3.05, 3.63) is 22.3 Å². The summed E-state index contributed by atoms with van der Waals surface area (Å²) in [5.41, 5.74) is 1.10. The Hall–Kier alpha value is -0.650. The topological polar surface area (TPSA) is 37.4 Å². The quantitative estimate of drug-likeness (QED) is 0.696. The van der Waals surface area contributed by atoms with Crippen molar-refractivity contribution in [2.75, 3.05) is 32.8 Å². The van der Waals surface area contributed by atoms with Gasteiger partial charge in [-0.05, 0) is 47.5 Å². The molecule has 21 heavy (non-hydrogen) atoms. The minimum atomic E-state index is 0.636. The Balaban J connectivity index is 2.55. The molecule has 0 bridgehead atoms. The summed E-state index contributed by atoms with van der Waals surface area (Å²) >= 11 is 3.48. The van der Waals surface area contributed by atoms with Crippen molar-refractivity contribution in [2.24, 2.45) is 5.92 Å². The first-order valence-electron chi connectivity index (χ1n) is 7.77. The van der Waals surface area contributed by atoms with Gasteiger partial charge in [-0.25, -0.2) is 4.98 Å². The third-order valence-electron chi connectivity index (χ3n) is 3.30. The van der Waals surface area contributed by atoms with Gasteiger partial charge >= 0.3 is 0 Å². The van der Waals surface area contributed by atoms with Crippen LogP contribution in [0.2, 0.25) is 0 Å². The second-order valence-corrected chi connectivity index (χ2v) is 6.43. The summed E-state index contributed by atoms with van der Waals surface area (Å²) in [6.45, 7) is 14.2. The van der Waals surface area contributed by atoms with Crippen molar-refractivity contribution in [3.8, 4) is 5.88 Å². The smallest absolute Gasteiger partial charge is 0.217 e. The molecule has 4 nitrogen and oxygen atoms in total. The fourth-order valence-electron chi connectivity index (χ4n) is 2.03. The van der Waals surface area contributed by atoms with Crippen LogP contribution < -0.4 is 10.1 Å². The van der Waals surface area contributed by atoms with Crippen LogP contribution in [0.25, 0.3) is 0 Å². The largest absolute Gasteiger partial charge is 0.476 e. The second kappa shape index (κ2) is 10.1. The van der Waals surface area contributed by atoms with E-state index in [1.54, 1.807) is 6.20 Å². The Morgan fingerprint density at radius 3 is 2.67 bits per heavy atom. The van der Waals surface area contributed by atoms with E-state index in [1.165, 1.54) is 0 Å². The standard InChI is InChI=1S/C16H28BrN3O/c1-5-20(6-2)7-8-21-16-14(9-15(17)12-19-16)11-18-10-13(3)4/h9,12-13,18H,5-8,10-11H2,1-4H3. The minimum absolute atomic E-state index is 0.636. The molecule has 0 saturated carbocycles. The van der Waals surface area contributed by atoms with Crippen LogP contribution in [0.1, 0.15) is 33.3 Å². The number of rotatable bonds is 10. The van der Waals surface area contributed by atoms with Crippen LogP contribution in [0.3, 0.4) is 0 Å². The molecule has 0 atom stereocenters. The molecular formula is C16H28BrN3O. The molecule has 0 aromatic carbocycles. The Labute approximate surface area is 137 Å². The van der Waals surface area contributed by atoms with Crippen LogP contribution >= 0.6 is 15.9 Å². The normalized spacial score (nSPS) is 11.4. The number of nitrogens with one attached hydrogen (secondary N) is 1. The van der Waals surface area contributed by atoms with Crippen LogP contribution in [0, 0.1) is 5.92 Å². The van der Waals surface area contributed by atoms with E-state index in [-0.39, 0.29) is 0 Å². The number of nitrogens with zero attached hydrogens (tertiary/aromatic N) is 2. The molecule has 1 heterocycles. The first-order valence-corrected chi connectivity index (χ1v) is 8.56. The highest BCUT2D eigenvalue weighted by atomic mass is 79.9. The Kier molecular flexibility index (Phi) is 8.88. The molecule has 0 aliphatic rings. The summed E-state index contributed by atoms with van der Waals surface area (Å²) in [6.07, 6.45) is 1.79. The van der Waals surface area contributed by atoms with Crippen LogP contribution in [-0.2, 0) is 6.54 Å². The lowest BCUT2D eigenvalue weighted by molar-refractivity contribution is 0.216. The molecule has 1 N–H and O–H groups in total. The number of likely N-dealkylation sites (N-methyl/N-ethyl adjacent to an activating group) is 1. The molecule has 1 aromatic heterocycles. The van der Waals surface area contributed by atoms with Crippen LogP contribution in [0.15, 0.2) is 16.7 Å². The van der Waals surface area contributed by atoms with Gasteiger partial charge in [-0.15, -0.1) is 0 Å². The van der Waals surface area contributed by atoms with E-state index < -0.39 is 0 Å². The zero-order valence-corrected chi connectivity index (χ0v) is 15.2. The molecule has 0 saturated heterocycles. The molecule has 1 aromatic rings. The van der Waals surface area contributed by atoms with Gasteiger partial charge in [0.15, 0.2) is 0 Å². The highest BCUT2D eigenvalue weighted by Gasteiger charge is 2.08. The molecule has 0 aliphatic heterocycles. The Morgan fingerprint density at radius 2 is 2.05 bits per heavy atom. The van der Waals surface area contributed by atoms with Crippen LogP contribution in [0.5, 0.6) is 5.88 Å². The first-order chi connectivity index (χ1) is 10.1. The van der Waals surface area contributed by atoms with E-state index >= 15 is 0 Å². The zero-order chi connectivity index (χ0) is 15.7. The predicted molar refractivity (Wildman–Crippen MR) is 91.8 cm³/mol. The summed E-state index contributed by atoms with van der Waals surface area (Å²) in [4.78, 5) is 6.74. The Morgan fingerprint density at radius 1 is 1.33 bits per heavy atom. The highest BCUT2D eigenvalue weighted by molar-refractivity contribution is 9.10. The van der Waals surface area contributed by atoms with Gasteiger partial charge in [0, 0.05) is 29.3 Å². The van der Waals surface area contributed by atoms with Crippen LogP contribution in [-0.4, -0.2) is 42.7 Å². The van der Waals surface area contributed by atoms with E-state index in [0.717, 1.165) is 48.6 Å². The maximum absolute atomic E-state index is 5.87. The van der Waals surface area contributed by atoms with Gasteiger partial charge in [0.2, 0.25) is 5.88 Å². The average Bonchev–Trinajstić information content (AvgIpc) is 2.45. The first kappa shape index (κ1) is 18.4. The van der Waals surface area contributed by atoms with Crippen molar-refractivity contribution >= 4 is 15.9 Å². The van der Waals surface area contributed by atoms with E-state index in [4.69, 9.17) is 4.74 Å². The molecular weight excluding hydrogens is 330 g/mol. The lowest BCUT2D eigenvalue weighted by Gasteiger charge is -2.18. The lowest BCUT2D eigenvalue weighted by Crippen LogP contribution is -2.28. The molecule has 0 amide bonds. The molecule has 1 rings (SSSR count). The minimum Gasteiger partial charge on any atom is -0.476 e. The summed E-state index contributed by atoms with van der Waals surface area (Å²) < 4.78 is 6.86. The molecule has 0 unspecified atom stereocenters. The van der Waals surface area contributed by atoms with Crippen molar-refractivity contribution in [1.29, 1.82) is 0 Å². The fraction of sp³-hybridized carbons (Fsp3) is 0.688. The molecule has 5 heteroatoms. The fourth-order valence-corrected chi connectivity index (χ4v) is 2.41. The maximum Gasteiger partial charge on any atom is 0.217 e. The maximum atomic E-state index is 5.87. The average molecular weight is 358 g/mol. The summed E-state index contributed by atoms with van der Waals surface area (Å²) in [5, 5.41) is 3.44. The highest BCUT2D eigenvalue weighted by Crippen LogP contribution is 2.20. The Bertz CT molecular complexity index is 409. The summed E-state index contributed by atoms with van der Waals surface area (Å²) in [5.74, 6) is 1.37. The molecule has 0 fully saturated rings. The predicted octanol–water partition coefficient (Wildman–Crippen LogP) is 3.31. The van der Waals surface area contributed by atoms with Crippen molar-refractivity contribution < 1.29 is 4.74 Å². The van der Waals surface area contributed by atoms with E-state index in [0.29, 0.717) is 12.5 Å². The van der Waals surface area contributed by atoms with Gasteiger partial charge < -0.3 is 15.0 Å². The van der Waals surface area contributed by atoms with Gasteiger partial charge in [-0.1, -0.05) is 27.7 Å². The van der Waals surface area contributed by atoms with Gasteiger partial charge in [0.1, 0.15) is 6.61 Å². The summed E-state index contributed by atoms with van der Waals surface area (Å²) in [7, 11) is 0. The molecule has 120 valence electrons. The number of aromatic nitrogens is 1. The van der Waals surface area contributed by atoms with Gasteiger partial charge in [-0.2, -0.15) is 0 Å². The van der Waals surface area contributed by atoms with Crippen molar-refractivity contribution in [2.45, 2.75) is 34.2 Å². The van der Waals surface area contributed by atoms with E-state index in [2.05, 4.69) is 64.9 Å². The van der Waals surface area contributed by atoms with Gasteiger partial charge in [0.25, 0.3) is 0 Å². The SMILES string of the molecule is CCN(CC)CCOc1ncc(Br)cc1CNCC(C)C. The van der Waals surface area contributed by atoms with Gasteiger partial charge in [0.05, 0.1) is 0 Å². The lowest BCUT2D eigenvalue weighted by atomic mass is 10.2. The zero-order valence-electron chi connectivity index (χ0n) is 13.7. The van der Waals surface area contributed by atoms with E-state index in [9.17, 15) is 0 Å². The van der Waals surface area contributed by atoms with Crippen molar-refractivity contribution in [3.63, 3.8) is 0 Å². The van der Waals surface area contributed by atoms with Crippen LogP contribution in [0.4, 0.5) is 0 Å². The van der Waals surface area contributed by atoms with E-state index in [1.807, 2.05) is 0 Å². The molecule has 0 spiro atoms. The van der Waals surface area contributed by atoms with Gasteiger partial charge in [-0.3, -0.25) is 0 Å². The molecule has 0 radical (unpaired) electrons. The second-order valence-electron chi connectivity index (χ2n) is 5.52. The summed E-state index contributed by atoms with van der Waals surface area (Å²) in [6, 6.07) is 2.08. The third kappa shape index (κ3) is 7.25. The number of pyridine rings is 1. The molecule has 0 aliphatic carbocycles. The number of ether oxygens (including phenoxy) is 1. The number of hydrogen-bond donors (Lipinski definition) is 1. The third-order valence-corrected chi connectivity index (χ3v) is 3.73.